The second-order valence-electron chi connectivity index (χ2n) is 11.7. The van der Waals surface area contributed by atoms with E-state index in [9.17, 15) is 32.8 Å². The number of nitrogens with one attached hydrogen (secondary N) is 4. The van der Waals surface area contributed by atoms with Crippen molar-refractivity contribution in [3.05, 3.63) is 83.4 Å². The molecule has 248 valence electrons. The van der Waals surface area contributed by atoms with E-state index in [0.29, 0.717) is 36.9 Å². The Hall–Kier alpha value is -4.61. The Morgan fingerprint density at radius 1 is 0.978 bits per heavy atom. The molecule has 10 nitrogen and oxygen atoms in total. The van der Waals surface area contributed by atoms with Crippen LogP contribution in [-0.2, 0) is 36.8 Å². The number of Topliss-reactive ketones (excluding diaryl/α,β-unsaturated/α-hetero) is 1. The Kier molecular flexibility index (Phi) is 13.9. The predicted octanol–water partition coefficient (Wildman–Crippen LogP) is 3.53. The van der Waals surface area contributed by atoms with Crippen LogP contribution in [0.15, 0.2) is 60.7 Å². The van der Waals surface area contributed by atoms with E-state index in [-0.39, 0.29) is 31.1 Å². The molecule has 12 heteroatoms. The molecule has 2 aromatic carbocycles. The zero-order chi connectivity index (χ0) is 33.6. The fourth-order valence-corrected chi connectivity index (χ4v) is 5.20. The molecule has 3 rings (SSSR count). The summed E-state index contributed by atoms with van der Waals surface area (Å²) in [6.45, 7) is 3.82. The van der Waals surface area contributed by atoms with Crippen molar-refractivity contribution in [3.8, 4) is 0 Å². The monoisotopic (exact) mass is 640 g/mol. The molecule has 4 amide bonds. The van der Waals surface area contributed by atoms with Crippen molar-refractivity contribution in [3.63, 3.8) is 0 Å². The summed E-state index contributed by atoms with van der Waals surface area (Å²) in [5.74, 6) is -3.91. The SMILES string of the molecule is COC(=O)[C@@H](NC(=O)N[C@@H](Cc1cccc(F)c1)C(=O)C[C@H]1CCCCNC(=O)/C=C/[C@H](Cc2cccc(F)c2)NC1=O)C(C)C. The number of ketones is 1. The van der Waals surface area contributed by atoms with E-state index in [0.717, 1.165) is 0 Å². The fourth-order valence-electron chi connectivity index (χ4n) is 5.20. The molecule has 0 unspecified atom stereocenters. The molecule has 4 N–H and O–H groups in total. The molecule has 1 aliphatic rings. The van der Waals surface area contributed by atoms with Crippen LogP contribution in [0.5, 0.6) is 0 Å². The van der Waals surface area contributed by atoms with Gasteiger partial charge in [-0.2, -0.15) is 0 Å². The van der Waals surface area contributed by atoms with Gasteiger partial charge < -0.3 is 26.0 Å². The molecule has 1 heterocycles. The average molecular weight is 641 g/mol. The number of methoxy groups -OCH3 is 1. The molecular weight excluding hydrogens is 598 g/mol. The molecule has 0 aliphatic carbocycles. The zero-order valence-electron chi connectivity index (χ0n) is 26.3. The van der Waals surface area contributed by atoms with Crippen LogP contribution >= 0.6 is 0 Å². The van der Waals surface area contributed by atoms with Crippen LogP contribution in [0.2, 0.25) is 0 Å². The van der Waals surface area contributed by atoms with Crippen molar-refractivity contribution in [2.45, 2.75) is 70.5 Å². The zero-order valence-corrected chi connectivity index (χ0v) is 26.3. The molecule has 0 radical (unpaired) electrons. The summed E-state index contributed by atoms with van der Waals surface area (Å²) in [5, 5.41) is 10.8. The summed E-state index contributed by atoms with van der Waals surface area (Å²) in [7, 11) is 1.20. The number of urea groups is 1. The van der Waals surface area contributed by atoms with Crippen LogP contribution in [0, 0.1) is 23.5 Å². The van der Waals surface area contributed by atoms with Crippen molar-refractivity contribution in [2.24, 2.45) is 11.8 Å². The number of halogens is 2. The maximum absolute atomic E-state index is 14.0. The first-order valence-electron chi connectivity index (χ1n) is 15.4. The Morgan fingerprint density at radius 3 is 2.30 bits per heavy atom. The van der Waals surface area contributed by atoms with Gasteiger partial charge in [0.25, 0.3) is 0 Å². The number of hydrogen-bond acceptors (Lipinski definition) is 6. The number of ether oxygens (including phenoxy) is 1. The lowest BCUT2D eigenvalue weighted by Gasteiger charge is -2.25. The summed E-state index contributed by atoms with van der Waals surface area (Å²) in [6, 6.07) is 7.94. The van der Waals surface area contributed by atoms with Crippen molar-refractivity contribution >= 4 is 29.6 Å². The van der Waals surface area contributed by atoms with Gasteiger partial charge in [0.2, 0.25) is 11.8 Å². The third kappa shape index (κ3) is 11.7. The first-order chi connectivity index (χ1) is 21.9. The van der Waals surface area contributed by atoms with Crippen LogP contribution in [0.1, 0.15) is 50.7 Å². The minimum Gasteiger partial charge on any atom is -0.467 e. The standard InChI is InChI=1S/C34H42F2N4O6/c1-21(2)31(33(44)46-3)40-34(45)39-28(19-23-9-7-12-26(36)17-23)29(41)20-24-10-4-5-15-37-30(42)14-13-27(38-32(24)43)18-22-8-6-11-25(35)16-22/h6-9,11-14,16-17,21,24,27-28,31H,4-5,10,15,18-20H2,1-3H3,(H,37,42)(H,38,43)(H2,39,40,45)/b14-13+/t24-,27-,28+,31+/m1/s1. The normalized spacial score (nSPS) is 19.3. The smallest absolute Gasteiger partial charge is 0.328 e. The van der Waals surface area contributed by atoms with Crippen molar-refractivity contribution in [1.82, 2.24) is 21.3 Å². The van der Waals surface area contributed by atoms with E-state index in [2.05, 4.69) is 21.3 Å². The Balaban J connectivity index is 1.83. The van der Waals surface area contributed by atoms with Crippen LogP contribution in [0.4, 0.5) is 13.6 Å². The lowest BCUT2D eigenvalue weighted by Crippen LogP contribution is -2.53. The van der Waals surface area contributed by atoms with Gasteiger partial charge >= 0.3 is 12.0 Å². The lowest BCUT2D eigenvalue weighted by molar-refractivity contribution is -0.144. The number of hydrogen-bond donors (Lipinski definition) is 4. The molecule has 0 bridgehead atoms. The van der Waals surface area contributed by atoms with Crippen LogP contribution in [0.25, 0.3) is 0 Å². The fraction of sp³-hybridized carbons (Fsp3) is 0.441. The molecule has 2 aromatic rings. The first-order valence-corrected chi connectivity index (χ1v) is 15.4. The third-order valence-electron chi connectivity index (χ3n) is 7.68. The van der Waals surface area contributed by atoms with Crippen molar-refractivity contribution in [2.75, 3.05) is 13.7 Å². The molecule has 0 saturated heterocycles. The van der Waals surface area contributed by atoms with Gasteiger partial charge in [0.05, 0.1) is 19.2 Å². The number of carbonyl (C=O) groups excluding carboxylic acids is 5. The maximum Gasteiger partial charge on any atom is 0.328 e. The van der Waals surface area contributed by atoms with Gasteiger partial charge in [0, 0.05) is 25.0 Å². The summed E-state index contributed by atoms with van der Waals surface area (Å²) in [6.07, 6.45) is 4.18. The number of esters is 1. The molecule has 0 spiro atoms. The molecule has 4 atom stereocenters. The van der Waals surface area contributed by atoms with E-state index in [1.54, 1.807) is 32.0 Å². The van der Waals surface area contributed by atoms with Gasteiger partial charge in [-0.05, 0) is 67.0 Å². The van der Waals surface area contributed by atoms with E-state index >= 15 is 0 Å². The quantitative estimate of drug-likeness (QED) is 0.277. The minimum absolute atomic E-state index is 0.0557. The molecular formula is C34H42F2N4O6. The summed E-state index contributed by atoms with van der Waals surface area (Å²) < 4.78 is 32.6. The van der Waals surface area contributed by atoms with E-state index in [4.69, 9.17) is 4.74 Å². The lowest BCUT2D eigenvalue weighted by atomic mass is 9.90. The number of carbonyl (C=O) groups is 5. The van der Waals surface area contributed by atoms with E-state index in [1.165, 1.54) is 49.6 Å². The van der Waals surface area contributed by atoms with Gasteiger partial charge in [-0.25, -0.2) is 18.4 Å². The molecule has 0 fully saturated rings. The number of amides is 4. The van der Waals surface area contributed by atoms with Crippen LogP contribution in [0.3, 0.4) is 0 Å². The highest BCUT2D eigenvalue weighted by molar-refractivity contribution is 5.93. The molecule has 46 heavy (non-hydrogen) atoms. The Bertz CT molecular complexity index is 1420. The van der Waals surface area contributed by atoms with Gasteiger partial charge in [0.15, 0.2) is 5.78 Å². The Labute approximate surface area is 267 Å². The summed E-state index contributed by atoms with van der Waals surface area (Å²) in [4.78, 5) is 64.9. The summed E-state index contributed by atoms with van der Waals surface area (Å²) in [5.41, 5.74) is 1.05. The third-order valence-corrected chi connectivity index (χ3v) is 7.68. The second-order valence-corrected chi connectivity index (χ2v) is 11.7. The second kappa shape index (κ2) is 17.8. The molecule has 0 saturated carbocycles. The van der Waals surface area contributed by atoms with E-state index < -0.39 is 59.4 Å². The van der Waals surface area contributed by atoms with Gasteiger partial charge in [-0.3, -0.25) is 14.4 Å². The number of benzene rings is 2. The van der Waals surface area contributed by atoms with Gasteiger partial charge in [0.1, 0.15) is 17.7 Å². The maximum atomic E-state index is 14.0. The average Bonchev–Trinajstić information content (AvgIpc) is 3.00. The molecule has 1 aliphatic heterocycles. The summed E-state index contributed by atoms with van der Waals surface area (Å²) >= 11 is 0. The highest BCUT2D eigenvalue weighted by Gasteiger charge is 2.31. The van der Waals surface area contributed by atoms with Gasteiger partial charge in [-0.1, -0.05) is 50.6 Å². The van der Waals surface area contributed by atoms with Crippen LogP contribution < -0.4 is 21.3 Å². The predicted molar refractivity (Wildman–Crippen MR) is 167 cm³/mol. The van der Waals surface area contributed by atoms with Crippen molar-refractivity contribution in [1.29, 1.82) is 0 Å². The minimum atomic E-state index is -1.15. The molecule has 0 aromatic heterocycles. The largest absolute Gasteiger partial charge is 0.467 e. The Morgan fingerprint density at radius 2 is 1.65 bits per heavy atom. The van der Waals surface area contributed by atoms with Crippen LogP contribution in [-0.4, -0.2) is 61.4 Å². The highest BCUT2D eigenvalue weighted by Crippen LogP contribution is 2.19. The first kappa shape index (κ1) is 35.9. The van der Waals surface area contributed by atoms with Crippen molar-refractivity contribution < 1.29 is 37.5 Å². The number of rotatable bonds is 11. The topological polar surface area (TPSA) is 143 Å². The van der Waals surface area contributed by atoms with E-state index in [1.807, 2.05) is 0 Å². The van der Waals surface area contributed by atoms with Gasteiger partial charge in [-0.15, -0.1) is 0 Å². The highest BCUT2D eigenvalue weighted by atomic mass is 19.1.